The highest BCUT2D eigenvalue weighted by atomic mass is 16.1. The predicted molar refractivity (Wildman–Crippen MR) is 65.8 cm³/mol. The third-order valence-electron chi connectivity index (χ3n) is 3.03. The van der Waals surface area contributed by atoms with Gasteiger partial charge in [0.1, 0.15) is 0 Å². The molecule has 0 radical (unpaired) electrons. The first-order valence-corrected chi connectivity index (χ1v) is 5.74. The van der Waals surface area contributed by atoms with Crippen LogP contribution in [0.2, 0.25) is 0 Å². The van der Waals surface area contributed by atoms with Crippen LogP contribution in [0.3, 0.4) is 0 Å². The van der Waals surface area contributed by atoms with E-state index >= 15 is 0 Å². The first-order valence-electron chi connectivity index (χ1n) is 5.74. The fourth-order valence-corrected chi connectivity index (χ4v) is 2.35. The molecule has 1 aromatic rings. The average Bonchev–Trinajstić information content (AvgIpc) is 2.27. The Bertz CT molecular complexity index is 446. The van der Waals surface area contributed by atoms with Crippen LogP contribution < -0.4 is 5.32 Å². The van der Waals surface area contributed by atoms with E-state index in [1.807, 2.05) is 6.92 Å². The van der Waals surface area contributed by atoms with Gasteiger partial charge in [-0.1, -0.05) is 24.3 Å². The first kappa shape index (κ1) is 10.9. The van der Waals surface area contributed by atoms with Crippen molar-refractivity contribution in [2.24, 2.45) is 0 Å². The first-order chi connectivity index (χ1) is 7.68. The van der Waals surface area contributed by atoms with Gasteiger partial charge in [0.15, 0.2) is 0 Å². The van der Waals surface area contributed by atoms with E-state index in [0.717, 1.165) is 18.5 Å². The molecule has 0 saturated heterocycles. The number of fused-ring (bicyclic) bond motifs is 1. The van der Waals surface area contributed by atoms with Crippen molar-refractivity contribution in [2.45, 2.75) is 33.1 Å². The summed E-state index contributed by atoms with van der Waals surface area (Å²) in [6.45, 7) is 3.54. The number of amides is 1. The highest BCUT2D eigenvalue weighted by molar-refractivity contribution is 5.80. The lowest BCUT2D eigenvalue weighted by molar-refractivity contribution is -0.118. The average molecular weight is 215 g/mol. The molecule has 1 aliphatic carbocycles. The van der Waals surface area contributed by atoms with Gasteiger partial charge in [-0.05, 0) is 42.9 Å². The molecular formula is C14H17NO. The molecule has 0 aliphatic heterocycles. The molecule has 0 fully saturated rings. The van der Waals surface area contributed by atoms with E-state index in [9.17, 15) is 4.79 Å². The monoisotopic (exact) mass is 215 g/mol. The van der Waals surface area contributed by atoms with Gasteiger partial charge in [0.2, 0.25) is 5.91 Å². The van der Waals surface area contributed by atoms with Crippen LogP contribution in [0.4, 0.5) is 0 Å². The molecule has 0 heterocycles. The lowest BCUT2D eigenvalue weighted by Gasteiger charge is -2.21. The van der Waals surface area contributed by atoms with Crippen molar-refractivity contribution < 1.29 is 4.79 Å². The number of aryl methyl sites for hydroxylation is 1. The molecule has 0 bridgehead atoms. The molecule has 2 heteroatoms. The Morgan fingerprint density at radius 2 is 1.94 bits per heavy atom. The lowest BCUT2D eigenvalue weighted by Crippen LogP contribution is -2.19. The van der Waals surface area contributed by atoms with Gasteiger partial charge in [-0.3, -0.25) is 4.79 Å². The Kier molecular flexibility index (Phi) is 3.09. The topological polar surface area (TPSA) is 29.1 Å². The zero-order valence-corrected chi connectivity index (χ0v) is 9.84. The summed E-state index contributed by atoms with van der Waals surface area (Å²) in [5.74, 6) is 0.00746. The molecule has 0 unspecified atom stereocenters. The Morgan fingerprint density at radius 3 is 2.69 bits per heavy atom. The number of allylic oxidation sites excluding steroid dienone is 2. The minimum Gasteiger partial charge on any atom is -0.330 e. The Balaban J connectivity index is 2.41. The van der Waals surface area contributed by atoms with Crippen molar-refractivity contribution in [3.05, 3.63) is 41.1 Å². The molecule has 1 N–H and O–H groups in total. The molecule has 16 heavy (non-hydrogen) atoms. The van der Waals surface area contributed by atoms with Crippen molar-refractivity contribution in [2.75, 3.05) is 0 Å². The molecule has 0 saturated carbocycles. The molecule has 0 aromatic heterocycles. The summed E-state index contributed by atoms with van der Waals surface area (Å²) in [4.78, 5) is 11.1. The summed E-state index contributed by atoms with van der Waals surface area (Å²) in [6, 6.07) is 8.46. The van der Waals surface area contributed by atoms with Gasteiger partial charge in [0.25, 0.3) is 0 Å². The SMILES string of the molecule is CC(=O)NC(C)=C1CCCc2ccccc21. The van der Waals surface area contributed by atoms with Crippen LogP contribution in [0.25, 0.3) is 5.57 Å². The number of rotatable bonds is 1. The van der Waals surface area contributed by atoms with E-state index in [2.05, 4.69) is 29.6 Å². The van der Waals surface area contributed by atoms with Crippen LogP contribution in [0, 0.1) is 0 Å². The number of hydrogen-bond donors (Lipinski definition) is 1. The lowest BCUT2D eigenvalue weighted by atomic mass is 9.86. The number of hydrogen-bond acceptors (Lipinski definition) is 1. The van der Waals surface area contributed by atoms with Gasteiger partial charge in [-0.15, -0.1) is 0 Å². The molecular weight excluding hydrogens is 198 g/mol. The zero-order valence-electron chi connectivity index (χ0n) is 9.84. The molecule has 1 amide bonds. The third-order valence-corrected chi connectivity index (χ3v) is 3.03. The molecule has 1 aromatic carbocycles. The quantitative estimate of drug-likeness (QED) is 0.766. The van der Waals surface area contributed by atoms with E-state index in [1.165, 1.54) is 23.1 Å². The number of benzene rings is 1. The fraction of sp³-hybridized carbons (Fsp3) is 0.357. The van der Waals surface area contributed by atoms with Gasteiger partial charge < -0.3 is 5.32 Å². The Labute approximate surface area is 96.4 Å². The van der Waals surface area contributed by atoms with E-state index in [0.29, 0.717) is 0 Å². The summed E-state index contributed by atoms with van der Waals surface area (Å²) < 4.78 is 0. The van der Waals surface area contributed by atoms with Crippen LogP contribution in [0.5, 0.6) is 0 Å². The normalized spacial score (nSPS) is 17.6. The third kappa shape index (κ3) is 2.16. The van der Waals surface area contributed by atoms with E-state index < -0.39 is 0 Å². The highest BCUT2D eigenvalue weighted by Crippen LogP contribution is 2.31. The molecule has 1 aliphatic rings. The second-order valence-electron chi connectivity index (χ2n) is 4.30. The largest absolute Gasteiger partial charge is 0.330 e. The van der Waals surface area contributed by atoms with Crippen LogP contribution in [-0.2, 0) is 11.2 Å². The van der Waals surface area contributed by atoms with Crippen LogP contribution in [0.15, 0.2) is 30.0 Å². The van der Waals surface area contributed by atoms with Crippen molar-refractivity contribution >= 4 is 11.5 Å². The van der Waals surface area contributed by atoms with Gasteiger partial charge in [-0.25, -0.2) is 0 Å². The van der Waals surface area contributed by atoms with E-state index in [-0.39, 0.29) is 5.91 Å². The maximum Gasteiger partial charge on any atom is 0.220 e. The van der Waals surface area contributed by atoms with Gasteiger partial charge in [-0.2, -0.15) is 0 Å². The molecule has 0 spiro atoms. The highest BCUT2D eigenvalue weighted by Gasteiger charge is 2.15. The second kappa shape index (κ2) is 4.52. The zero-order chi connectivity index (χ0) is 11.5. The number of carbonyl (C=O) groups is 1. The number of nitrogens with one attached hydrogen (secondary N) is 1. The van der Waals surface area contributed by atoms with Crippen molar-refractivity contribution in [1.82, 2.24) is 5.32 Å². The van der Waals surface area contributed by atoms with Gasteiger partial charge >= 0.3 is 0 Å². The standard InChI is InChI=1S/C14H17NO/c1-10(15-11(2)16)13-9-5-7-12-6-3-4-8-14(12)13/h3-4,6,8H,5,7,9H2,1-2H3,(H,15,16). The van der Waals surface area contributed by atoms with Crippen molar-refractivity contribution in [3.8, 4) is 0 Å². The molecule has 2 rings (SSSR count). The van der Waals surface area contributed by atoms with Crippen molar-refractivity contribution in [1.29, 1.82) is 0 Å². The summed E-state index contributed by atoms with van der Waals surface area (Å²) in [7, 11) is 0. The summed E-state index contributed by atoms with van der Waals surface area (Å²) in [6.07, 6.45) is 3.37. The Hall–Kier alpha value is -1.57. The maximum absolute atomic E-state index is 11.1. The second-order valence-corrected chi connectivity index (χ2v) is 4.30. The van der Waals surface area contributed by atoms with Crippen molar-refractivity contribution in [3.63, 3.8) is 0 Å². The van der Waals surface area contributed by atoms with Crippen LogP contribution in [0.1, 0.15) is 37.8 Å². The molecule has 2 nitrogen and oxygen atoms in total. The fourth-order valence-electron chi connectivity index (χ4n) is 2.35. The maximum atomic E-state index is 11.1. The van der Waals surface area contributed by atoms with E-state index in [4.69, 9.17) is 0 Å². The van der Waals surface area contributed by atoms with Gasteiger partial charge in [0.05, 0.1) is 0 Å². The van der Waals surface area contributed by atoms with Crippen LogP contribution >= 0.6 is 0 Å². The smallest absolute Gasteiger partial charge is 0.220 e. The summed E-state index contributed by atoms with van der Waals surface area (Å²) in [5, 5.41) is 2.89. The predicted octanol–water partition coefficient (Wildman–Crippen LogP) is 2.89. The minimum absolute atomic E-state index is 0.00746. The van der Waals surface area contributed by atoms with Crippen LogP contribution in [-0.4, -0.2) is 5.91 Å². The minimum atomic E-state index is 0.00746. The molecule has 0 atom stereocenters. The summed E-state index contributed by atoms with van der Waals surface area (Å²) >= 11 is 0. The molecule has 84 valence electrons. The number of carbonyl (C=O) groups excluding carboxylic acids is 1. The Morgan fingerprint density at radius 1 is 1.19 bits per heavy atom. The van der Waals surface area contributed by atoms with E-state index in [1.54, 1.807) is 6.92 Å². The summed E-state index contributed by atoms with van der Waals surface area (Å²) in [5.41, 5.74) is 4.99. The van der Waals surface area contributed by atoms with Gasteiger partial charge in [0, 0.05) is 12.6 Å².